The van der Waals surface area contributed by atoms with Crippen LogP contribution < -0.4 is 5.32 Å². The molecule has 2 amide bonds. The lowest BCUT2D eigenvalue weighted by Gasteiger charge is -2.23. The minimum absolute atomic E-state index is 0.0970. The number of anilines is 1. The predicted octanol–water partition coefficient (Wildman–Crippen LogP) is 2.84. The van der Waals surface area contributed by atoms with Crippen molar-refractivity contribution in [1.82, 2.24) is 4.90 Å². The van der Waals surface area contributed by atoms with Gasteiger partial charge in [0.25, 0.3) is 0 Å². The molecule has 0 aliphatic carbocycles. The summed E-state index contributed by atoms with van der Waals surface area (Å²) in [4.78, 5) is 13.2. The van der Waals surface area contributed by atoms with Crippen LogP contribution in [0.3, 0.4) is 0 Å². The topological polar surface area (TPSA) is 52.6 Å². The van der Waals surface area contributed by atoms with Gasteiger partial charge in [0, 0.05) is 22.8 Å². The first kappa shape index (κ1) is 14.1. The van der Waals surface area contributed by atoms with Crippen LogP contribution in [0.4, 0.5) is 10.5 Å². The molecule has 0 radical (unpaired) electrons. The second kappa shape index (κ2) is 6.10. The number of amides is 2. The summed E-state index contributed by atoms with van der Waals surface area (Å²) in [5.74, 6) is 0. The van der Waals surface area contributed by atoms with E-state index < -0.39 is 0 Å². The van der Waals surface area contributed by atoms with E-state index in [1.807, 2.05) is 0 Å². The van der Waals surface area contributed by atoms with E-state index in [1.165, 1.54) is 4.90 Å². The molecule has 0 aliphatic heterocycles. The van der Waals surface area contributed by atoms with Crippen molar-refractivity contribution < 1.29 is 9.90 Å². The van der Waals surface area contributed by atoms with Crippen molar-refractivity contribution in [2.45, 2.75) is 13.0 Å². The van der Waals surface area contributed by atoms with E-state index >= 15 is 0 Å². The van der Waals surface area contributed by atoms with E-state index in [0.717, 1.165) is 0 Å². The maximum atomic E-state index is 11.8. The van der Waals surface area contributed by atoms with Crippen LogP contribution in [-0.4, -0.2) is 35.7 Å². The number of aliphatic hydroxyl groups is 1. The molecule has 0 fully saturated rings. The minimum Gasteiger partial charge on any atom is -0.394 e. The van der Waals surface area contributed by atoms with E-state index in [2.05, 4.69) is 5.32 Å². The number of likely N-dealkylation sites (N-methyl/N-ethyl adjacent to an activating group) is 1. The number of hydrogen-bond donors (Lipinski definition) is 2. The summed E-state index contributed by atoms with van der Waals surface area (Å²) in [7, 11) is 1.60. The van der Waals surface area contributed by atoms with Crippen LogP contribution in [-0.2, 0) is 0 Å². The van der Waals surface area contributed by atoms with Crippen molar-refractivity contribution in [1.29, 1.82) is 0 Å². The van der Waals surface area contributed by atoms with Gasteiger partial charge in [-0.05, 0) is 25.1 Å². The van der Waals surface area contributed by atoms with Gasteiger partial charge in [0.05, 0.1) is 12.6 Å². The van der Waals surface area contributed by atoms with Crippen LogP contribution in [0.25, 0.3) is 0 Å². The molecule has 1 aromatic carbocycles. The third-order valence-corrected chi connectivity index (χ3v) is 2.80. The molecule has 94 valence electrons. The number of urea groups is 1. The fourth-order valence-electron chi connectivity index (χ4n) is 1.16. The first-order chi connectivity index (χ1) is 7.93. The molecule has 2 N–H and O–H groups in total. The maximum Gasteiger partial charge on any atom is 0.321 e. The summed E-state index contributed by atoms with van der Waals surface area (Å²) in [5, 5.41) is 12.5. The number of benzene rings is 1. The van der Waals surface area contributed by atoms with Crippen LogP contribution in [0.5, 0.6) is 0 Å². The van der Waals surface area contributed by atoms with Gasteiger partial charge < -0.3 is 15.3 Å². The smallest absolute Gasteiger partial charge is 0.321 e. The van der Waals surface area contributed by atoms with E-state index in [4.69, 9.17) is 28.3 Å². The molecule has 1 aromatic rings. The minimum atomic E-state index is -0.329. The Morgan fingerprint density at radius 2 is 1.94 bits per heavy atom. The summed E-state index contributed by atoms with van der Waals surface area (Å²) >= 11 is 11.6. The summed E-state index contributed by atoms with van der Waals surface area (Å²) in [6.07, 6.45) is 0. The molecule has 0 heterocycles. The molecule has 17 heavy (non-hydrogen) atoms. The highest BCUT2D eigenvalue weighted by atomic mass is 35.5. The van der Waals surface area contributed by atoms with Crippen LogP contribution in [0.15, 0.2) is 18.2 Å². The van der Waals surface area contributed by atoms with Crippen LogP contribution in [0.2, 0.25) is 10.0 Å². The van der Waals surface area contributed by atoms with Gasteiger partial charge in [-0.25, -0.2) is 4.79 Å². The monoisotopic (exact) mass is 276 g/mol. The molecule has 0 saturated heterocycles. The molecular weight excluding hydrogens is 263 g/mol. The number of rotatable bonds is 3. The zero-order valence-corrected chi connectivity index (χ0v) is 11.1. The largest absolute Gasteiger partial charge is 0.394 e. The Bertz CT molecular complexity index is 392. The van der Waals surface area contributed by atoms with Crippen LogP contribution in [0.1, 0.15) is 6.92 Å². The first-order valence-electron chi connectivity index (χ1n) is 5.04. The van der Waals surface area contributed by atoms with Gasteiger partial charge in [0.1, 0.15) is 0 Å². The van der Waals surface area contributed by atoms with Gasteiger partial charge in [0.15, 0.2) is 0 Å². The number of carbonyl (C=O) groups is 1. The van der Waals surface area contributed by atoms with Gasteiger partial charge in [-0.15, -0.1) is 0 Å². The number of halogens is 2. The van der Waals surface area contributed by atoms with Crippen molar-refractivity contribution in [3.63, 3.8) is 0 Å². The van der Waals surface area contributed by atoms with Crippen molar-refractivity contribution in [3.8, 4) is 0 Å². The average molecular weight is 277 g/mol. The molecule has 1 unspecified atom stereocenters. The highest BCUT2D eigenvalue weighted by Gasteiger charge is 2.14. The van der Waals surface area contributed by atoms with E-state index in [0.29, 0.717) is 15.7 Å². The third kappa shape index (κ3) is 4.07. The van der Waals surface area contributed by atoms with Gasteiger partial charge in [0.2, 0.25) is 0 Å². The number of nitrogens with one attached hydrogen (secondary N) is 1. The van der Waals surface area contributed by atoms with Crippen molar-refractivity contribution in [2.75, 3.05) is 19.0 Å². The summed E-state index contributed by atoms with van der Waals surface area (Å²) in [5.41, 5.74) is 0.518. The van der Waals surface area contributed by atoms with Gasteiger partial charge in [-0.2, -0.15) is 0 Å². The number of carbonyl (C=O) groups excluding carboxylic acids is 1. The Morgan fingerprint density at radius 1 is 1.41 bits per heavy atom. The fourth-order valence-corrected chi connectivity index (χ4v) is 1.69. The normalized spacial score (nSPS) is 12.1. The quantitative estimate of drug-likeness (QED) is 0.892. The molecule has 4 nitrogen and oxygen atoms in total. The third-order valence-electron chi connectivity index (χ3n) is 2.36. The molecule has 0 bridgehead atoms. The van der Waals surface area contributed by atoms with Gasteiger partial charge in [-0.1, -0.05) is 23.2 Å². The maximum absolute atomic E-state index is 11.8. The summed E-state index contributed by atoms with van der Waals surface area (Å²) in [6.45, 7) is 1.64. The predicted molar refractivity (Wildman–Crippen MR) is 69.8 cm³/mol. The first-order valence-corrected chi connectivity index (χ1v) is 5.80. The van der Waals surface area contributed by atoms with Crippen molar-refractivity contribution in [3.05, 3.63) is 28.2 Å². The van der Waals surface area contributed by atoms with Crippen molar-refractivity contribution in [2.24, 2.45) is 0 Å². The molecule has 0 aromatic heterocycles. The Labute approximate surface area is 110 Å². The van der Waals surface area contributed by atoms with Crippen LogP contribution >= 0.6 is 23.2 Å². The molecule has 0 saturated carbocycles. The second-order valence-electron chi connectivity index (χ2n) is 3.73. The van der Waals surface area contributed by atoms with E-state index in [-0.39, 0.29) is 18.7 Å². The number of aliphatic hydroxyl groups excluding tert-OH is 1. The Hall–Kier alpha value is -0.970. The molecule has 1 rings (SSSR count). The summed E-state index contributed by atoms with van der Waals surface area (Å²) < 4.78 is 0. The lowest BCUT2D eigenvalue weighted by Crippen LogP contribution is -2.40. The lowest BCUT2D eigenvalue weighted by molar-refractivity contribution is 0.166. The van der Waals surface area contributed by atoms with E-state index in [1.54, 1.807) is 32.2 Å². The Morgan fingerprint density at radius 3 is 2.41 bits per heavy atom. The number of hydrogen-bond acceptors (Lipinski definition) is 2. The summed E-state index contributed by atoms with van der Waals surface area (Å²) in [6, 6.07) is 4.19. The molecule has 0 aliphatic rings. The van der Waals surface area contributed by atoms with E-state index in [9.17, 15) is 4.79 Å². The number of nitrogens with zero attached hydrogens (tertiary/aromatic N) is 1. The average Bonchev–Trinajstić information content (AvgIpc) is 2.25. The zero-order chi connectivity index (χ0) is 13.0. The molecular formula is C11H14Cl2N2O2. The van der Waals surface area contributed by atoms with Gasteiger partial charge >= 0.3 is 6.03 Å². The second-order valence-corrected chi connectivity index (χ2v) is 4.60. The molecule has 6 heteroatoms. The Balaban J connectivity index is 2.74. The van der Waals surface area contributed by atoms with Gasteiger partial charge in [-0.3, -0.25) is 0 Å². The zero-order valence-electron chi connectivity index (χ0n) is 9.58. The fraction of sp³-hybridized carbons (Fsp3) is 0.364. The SMILES string of the molecule is CC(CO)N(C)C(=O)Nc1cc(Cl)cc(Cl)c1. The molecule has 1 atom stereocenters. The van der Waals surface area contributed by atoms with Crippen LogP contribution in [0, 0.1) is 0 Å². The highest BCUT2D eigenvalue weighted by molar-refractivity contribution is 6.35. The van der Waals surface area contributed by atoms with Crippen molar-refractivity contribution >= 4 is 34.9 Å². The standard InChI is InChI=1S/C11H14Cl2N2O2/c1-7(6-16)15(2)11(17)14-10-4-8(12)3-9(13)5-10/h3-5,7,16H,6H2,1-2H3,(H,14,17). The molecule has 0 spiro atoms. The highest BCUT2D eigenvalue weighted by Crippen LogP contribution is 2.22. The Kier molecular flexibility index (Phi) is 5.05. The lowest BCUT2D eigenvalue weighted by atomic mass is 10.3.